The van der Waals surface area contributed by atoms with E-state index in [1.54, 1.807) is 11.3 Å². The van der Waals surface area contributed by atoms with Gasteiger partial charge >= 0.3 is 0 Å². The zero-order chi connectivity index (χ0) is 39.2. The molecule has 1 aliphatic carbocycles. The SMILES string of the molecule is CC1(C)c2ccccc2-c2cc3c4ccc(-c5cc(-c6nc(-c7ccccc7)nc(-c7ccccc7)n6)c6sc7ccccc7c6c5)cc4n(-c4ccccc4)c3cc21. The van der Waals surface area contributed by atoms with Crippen molar-refractivity contribution in [2.75, 3.05) is 0 Å². The van der Waals surface area contributed by atoms with E-state index in [4.69, 9.17) is 15.0 Å². The molecule has 0 spiro atoms. The minimum atomic E-state index is -0.103. The second kappa shape index (κ2) is 12.9. The molecular weight excluding hydrogens is 737 g/mol. The average Bonchev–Trinajstić information content (AvgIpc) is 3.91. The topological polar surface area (TPSA) is 43.6 Å². The first-order valence-corrected chi connectivity index (χ1v) is 20.9. The van der Waals surface area contributed by atoms with Crippen molar-refractivity contribution in [1.82, 2.24) is 19.5 Å². The number of fused-ring (bicyclic) bond motifs is 9. The standard InChI is InChI=1S/C54H36N4S/c1-54(2)45-24-14-12-22-38(45)41-31-42-39-27-26-35(30-47(39)58(48(42)32-46(41)54)37-20-10-5-11-21-37)36-28-43-40-23-13-15-25-49(40)59-50(43)44(29-36)53-56-51(33-16-6-3-7-17-33)55-52(57-53)34-18-8-4-9-19-34/h3-32H,1-2H3. The molecule has 8 aromatic carbocycles. The summed E-state index contributed by atoms with van der Waals surface area (Å²) in [5.41, 5.74) is 14.0. The lowest BCUT2D eigenvalue weighted by Crippen LogP contribution is -2.14. The van der Waals surface area contributed by atoms with Crippen LogP contribution in [0.4, 0.5) is 0 Å². The summed E-state index contributed by atoms with van der Waals surface area (Å²) in [5.74, 6) is 1.97. The minimum Gasteiger partial charge on any atom is -0.309 e. The van der Waals surface area contributed by atoms with Crippen molar-refractivity contribution in [3.8, 4) is 62.1 Å². The van der Waals surface area contributed by atoms with Crippen LogP contribution in [0.5, 0.6) is 0 Å². The fraction of sp³-hybridized carbons (Fsp3) is 0.0556. The number of aromatic nitrogens is 4. The van der Waals surface area contributed by atoms with Gasteiger partial charge in [-0.3, -0.25) is 0 Å². The highest BCUT2D eigenvalue weighted by Gasteiger charge is 2.36. The van der Waals surface area contributed by atoms with Crippen LogP contribution < -0.4 is 0 Å². The summed E-state index contributed by atoms with van der Waals surface area (Å²) in [6.07, 6.45) is 0. The maximum Gasteiger partial charge on any atom is 0.165 e. The molecule has 0 amide bonds. The van der Waals surface area contributed by atoms with Gasteiger partial charge in [0.15, 0.2) is 17.5 Å². The van der Waals surface area contributed by atoms with E-state index < -0.39 is 0 Å². The molecule has 11 aromatic rings. The molecule has 0 atom stereocenters. The Kier molecular flexibility index (Phi) is 7.41. The molecule has 0 bridgehead atoms. The third-order valence-electron chi connectivity index (χ3n) is 12.2. The molecule has 3 heterocycles. The predicted molar refractivity (Wildman–Crippen MR) is 246 cm³/mol. The number of hydrogen-bond acceptors (Lipinski definition) is 4. The summed E-state index contributed by atoms with van der Waals surface area (Å²) in [4.78, 5) is 15.5. The van der Waals surface area contributed by atoms with Gasteiger partial charge in [-0.2, -0.15) is 0 Å². The summed E-state index contributed by atoms with van der Waals surface area (Å²) in [6.45, 7) is 4.72. The number of thiophene rings is 1. The number of benzene rings is 8. The number of hydrogen-bond donors (Lipinski definition) is 0. The Bertz CT molecular complexity index is 3400. The molecule has 3 aromatic heterocycles. The molecule has 0 aliphatic heterocycles. The van der Waals surface area contributed by atoms with Crippen LogP contribution in [-0.2, 0) is 5.41 Å². The molecule has 12 rings (SSSR count). The molecule has 1 aliphatic rings. The van der Waals surface area contributed by atoms with Crippen LogP contribution in [0, 0.1) is 0 Å². The van der Waals surface area contributed by atoms with Gasteiger partial charge in [0.1, 0.15) is 0 Å². The van der Waals surface area contributed by atoms with Crippen molar-refractivity contribution >= 4 is 53.3 Å². The van der Waals surface area contributed by atoms with Gasteiger partial charge in [-0.05, 0) is 81.9 Å². The van der Waals surface area contributed by atoms with Crippen LogP contribution in [0.15, 0.2) is 182 Å². The van der Waals surface area contributed by atoms with Crippen LogP contribution >= 0.6 is 11.3 Å². The van der Waals surface area contributed by atoms with Gasteiger partial charge in [0.2, 0.25) is 0 Å². The van der Waals surface area contributed by atoms with Crippen molar-refractivity contribution in [3.63, 3.8) is 0 Å². The Labute approximate surface area is 345 Å². The van der Waals surface area contributed by atoms with E-state index >= 15 is 0 Å². The van der Waals surface area contributed by atoms with Crippen molar-refractivity contribution in [2.45, 2.75) is 19.3 Å². The first-order valence-electron chi connectivity index (χ1n) is 20.1. The van der Waals surface area contributed by atoms with Crippen molar-refractivity contribution < 1.29 is 0 Å². The second-order valence-corrected chi connectivity index (χ2v) is 17.1. The Hall–Kier alpha value is -7.21. The molecule has 4 nitrogen and oxygen atoms in total. The van der Waals surface area contributed by atoms with E-state index in [1.807, 2.05) is 36.4 Å². The molecular formula is C54H36N4S. The van der Waals surface area contributed by atoms with E-state index in [1.165, 1.54) is 59.5 Å². The Morgan fingerprint density at radius 1 is 0.407 bits per heavy atom. The zero-order valence-corrected chi connectivity index (χ0v) is 33.3. The largest absolute Gasteiger partial charge is 0.309 e. The van der Waals surface area contributed by atoms with E-state index in [2.05, 4.69) is 164 Å². The molecule has 278 valence electrons. The summed E-state index contributed by atoms with van der Waals surface area (Å²) >= 11 is 1.80. The normalized spacial score (nSPS) is 13.1. The lowest BCUT2D eigenvalue weighted by molar-refractivity contribution is 0.661. The highest BCUT2D eigenvalue weighted by Crippen LogP contribution is 2.51. The van der Waals surface area contributed by atoms with Gasteiger partial charge in [0.05, 0.1) is 11.0 Å². The summed E-state index contributed by atoms with van der Waals surface area (Å²) in [7, 11) is 0. The van der Waals surface area contributed by atoms with Crippen molar-refractivity contribution in [1.29, 1.82) is 0 Å². The smallest absolute Gasteiger partial charge is 0.165 e. The predicted octanol–water partition coefficient (Wildman–Crippen LogP) is 14.3. The third-order valence-corrected chi connectivity index (χ3v) is 13.5. The maximum absolute atomic E-state index is 5.23. The fourth-order valence-corrected chi connectivity index (χ4v) is 10.5. The molecule has 0 N–H and O–H groups in total. The van der Waals surface area contributed by atoms with Crippen LogP contribution in [0.25, 0.3) is 104 Å². The second-order valence-electron chi connectivity index (χ2n) is 16.0. The summed E-state index contributed by atoms with van der Waals surface area (Å²) in [5, 5.41) is 4.92. The molecule has 0 fully saturated rings. The van der Waals surface area contributed by atoms with Gasteiger partial charge < -0.3 is 4.57 Å². The summed E-state index contributed by atoms with van der Waals surface area (Å²) < 4.78 is 4.85. The van der Waals surface area contributed by atoms with Crippen LogP contribution in [0.1, 0.15) is 25.0 Å². The molecule has 0 unspecified atom stereocenters. The van der Waals surface area contributed by atoms with E-state index in [0.717, 1.165) is 38.2 Å². The monoisotopic (exact) mass is 772 g/mol. The highest BCUT2D eigenvalue weighted by molar-refractivity contribution is 7.26. The minimum absolute atomic E-state index is 0.103. The van der Waals surface area contributed by atoms with Gasteiger partial charge in [0.25, 0.3) is 0 Å². The Morgan fingerprint density at radius 3 is 1.78 bits per heavy atom. The molecule has 5 heteroatoms. The van der Waals surface area contributed by atoms with Crippen LogP contribution in [0.3, 0.4) is 0 Å². The molecule has 0 radical (unpaired) electrons. The quantitative estimate of drug-likeness (QED) is 0.175. The van der Waals surface area contributed by atoms with E-state index in [-0.39, 0.29) is 5.41 Å². The Balaban J connectivity index is 1.12. The lowest BCUT2D eigenvalue weighted by Gasteiger charge is -2.21. The van der Waals surface area contributed by atoms with E-state index in [0.29, 0.717) is 17.5 Å². The number of para-hydroxylation sites is 1. The van der Waals surface area contributed by atoms with Crippen LogP contribution in [0.2, 0.25) is 0 Å². The van der Waals surface area contributed by atoms with Crippen molar-refractivity contribution in [2.24, 2.45) is 0 Å². The highest BCUT2D eigenvalue weighted by atomic mass is 32.1. The molecule has 0 saturated carbocycles. The van der Waals surface area contributed by atoms with Gasteiger partial charge in [-0.25, -0.2) is 15.0 Å². The third kappa shape index (κ3) is 5.25. The zero-order valence-electron chi connectivity index (χ0n) is 32.5. The number of rotatable bonds is 5. The lowest BCUT2D eigenvalue weighted by atomic mass is 9.82. The summed E-state index contributed by atoms with van der Waals surface area (Å²) in [6, 6.07) is 65.4. The van der Waals surface area contributed by atoms with Crippen molar-refractivity contribution in [3.05, 3.63) is 193 Å². The molecule has 0 saturated heterocycles. The van der Waals surface area contributed by atoms with Gasteiger partial charge in [0, 0.05) is 58.7 Å². The molecule has 59 heavy (non-hydrogen) atoms. The van der Waals surface area contributed by atoms with E-state index in [9.17, 15) is 0 Å². The first-order chi connectivity index (χ1) is 29.0. The van der Waals surface area contributed by atoms with Gasteiger partial charge in [-0.1, -0.05) is 147 Å². The number of nitrogens with zero attached hydrogens (tertiary/aromatic N) is 4. The maximum atomic E-state index is 5.23. The average molecular weight is 773 g/mol. The Morgan fingerprint density at radius 2 is 1.03 bits per heavy atom. The van der Waals surface area contributed by atoms with Crippen LogP contribution in [-0.4, -0.2) is 19.5 Å². The fourth-order valence-electron chi connectivity index (χ4n) is 9.33. The first kappa shape index (κ1) is 33.9. The van der Waals surface area contributed by atoms with Gasteiger partial charge in [-0.15, -0.1) is 11.3 Å².